The van der Waals surface area contributed by atoms with E-state index in [-0.39, 0.29) is 11.8 Å². The number of hydrogen-bond acceptors (Lipinski definition) is 4. The van der Waals surface area contributed by atoms with Crippen LogP contribution in [0.4, 0.5) is 5.69 Å². The minimum Gasteiger partial charge on any atom is -0.358 e. The van der Waals surface area contributed by atoms with Gasteiger partial charge in [-0.3, -0.25) is 9.59 Å². The molecule has 2 aromatic heterocycles. The van der Waals surface area contributed by atoms with Crippen LogP contribution in [-0.4, -0.2) is 69.6 Å². The first-order valence-corrected chi connectivity index (χ1v) is 12.8. The summed E-state index contributed by atoms with van der Waals surface area (Å²) in [4.78, 5) is 33.9. The molecule has 0 saturated carbocycles. The first-order valence-electron chi connectivity index (χ1n) is 12.8. The number of likely N-dealkylation sites (N-methyl/N-ethyl adjacent to an activating group) is 1. The molecule has 0 radical (unpaired) electrons. The molecule has 8 heteroatoms. The Hall–Kier alpha value is -4.43. The fraction of sp³-hybridized carbons (Fsp3) is 0.233. The number of nitrogens with one attached hydrogen (secondary N) is 2. The van der Waals surface area contributed by atoms with Crippen LogP contribution in [0.25, 0.3) is 28.5 Å². The number of carbonyl (C=O) groups is 2. The molecule has 6 rings (SSSR count). The van der Waals surface area contributed by atoms with E-state index in [0.717, 1.165) is 71.2 Å². The second kappa shape index (κ2) is 9.46. The zero-order chi connectivity index (χ0) is 26.4. The lowest BCUT2D eigenvalue weighted by Crippen LogP contribution is -2.47. The van der Waals surface area contributed by atoms with Crippen LogP contribution in [0.3, 0.4) is 0 Å². The van der Waals surface area contributed by atoms with E-state index in [1.165, 1.54) is 0 Å². The molecule has 1 fully saturated rings. The average Bonchev–Trinajstić information content (AvgIpc) is 3.61. The lowest BCUT2D eigenvalue weighted by atomic mass is 9.99. The molecule has 0 atom stereocenters. The van der Waals surface area contributed by atoms with Crippen molar-refractivity contribution in [3.8, 4) is 16.8 Å². The molecule has 38 heavy (non-hydrogen) atoms. The molecule has 4 heterocycles. The molecule has 0 aliphatic carbocycles. The van der Waals surface area contributed by atoms with Gasteiger partial charge in [-0.2, -0.15) is 5.10 Å². The molecule has 2 amide bonds. The molecular formula is C30H30N6O2. The minimum atomic E-state index is -0.157. The summed E-state index contributed by atoms with van der Waals surface area (Å²) in [5, 5.41) is 7.49. The predicted octanol–water partition coefficient (Wildman–Crippen LogP) is 4.36. The molecule has 192 valence electrons. The van der Waals surface area contributed by atoms with Gasteiger partial charge in [-0.05, 0) is 62.4 Å². The zero-order valence-electron chi connectivity index (χ0n) is 21.8. The third-order valence-electron chi connectivity index (χ3n) is 7.51. The van der Waals surface area contributed by atoms with Crippen molar-refractivity contribution in [2.75, 3.05) is 38.5 Å². The van der Waals surface area contributed by atoms with Crippen molar-refractivity contribution in [3.63, 3.8) is 0 Å². The third kappa shape index (κ3) is 4.22. The quantitative estimate of drug-likeness (QED) is 0.403. The highest BCUT2D eigenvalue weighted by Crippen LogP contribution is 2.37. The number of fused-ring (bicyclic) bond motifs is 1. The molecule has 0 unspecified atom stereocenters. The standard InChI is InChI=1S/C30H30N6O2/c1-19-27(32-20(2)28(19)30(38)35-13-11-34(3)12-14-35)16-25-24-15-21(9-10-26(24)33-29(25)37)22-17-31-36(18-22)23-7-5-4-6-8-23/h4-10,15-18,32H,11-14H2,1-3H3,(H,33,37)/b25-16-. The largest absolute Gasteiger partial charge is 0.358 e. The summed E-state index contributed by atoms with van der Waals surface area (Å²) in [6.45, 7) is 7.04. The summed E-state index contributed by atoms with van der Waals surface area (Å²) in [5.74, 6) is -0.112. The van der Waals surface area contributed by atoms with Crippen molar-refractivity contribution in [2.45, 2.75) is 13.8 Å². The van der Waals surface area contributed by atoms with Crippen LogP contribution >= 0.6 is 0 Å². The number of piperazine rings is 1. The number of nitrogens with zero attached hydrogens (tertiary/aromatic N) is 4. The van der Waals surface area contributed by atoms with Crippen LogP contribution in [0.2, 0.25) is 0 Å². The van der Waals surface area contributed by atoms with Crippen LogP contribution in [0.5, 0.6) is 0 Å². The molecule has 0 spiro atoms. The number of aromatic nitrogens is 3. The highest BCUT2D eigenvalue weighted by Gasteiger charge is 2.28. The Bertz CT molecular complexity index is 1570. The van der Waals surface area contributed by atoms with E-state index in [1.54, 1.807) is 0 Å². The van der Waals surface area contributed by atoms with Gasteiger partial charge >= 0.3 is 0 Å². The first kappa shape index (κ1) is 23.9. The fourth-order valence-corrected chi connectivity index (χ4v) is 5.26. The van der Waals surface area contributed by atoms with Crippen LogP contribution < -0.4 is 5.32 Å². The Morgan fingerprint density at radius 2 is 1.76 bits per heavy atom. The number of anilines is 1. The maximum Gasteiger partial charge on any atom is 0.256 e. The summed E-state index contributed by atoms with van der Waals surface area (Å²) in [7, 11) is 2.07. The van der Waals surface area contributed by atoms with Gasteiger partial charge in [0.15, 0.2) is 0 Å². The average molecular weight is 507 g/mol. The van der Waals surface area contributed by atoms with Crippen LogP contribution in [0.15, 0.2) is 60.9 Å². The molecule has 4 aromatic rings. The van der Waals surface area contributed by atoms with Gasteiger partial charge in [0.1, 0.15) is 0 Å². The maximum absolute atomic E-state index is 13.3. The van der Waals surface area contributed by atoms with E-state index in [0.29, 0.717) is 11.1 Å². The topological polar surface area (TPSA) is 86.3 Å². The SMILES string of the molecule is Cc1[nH]c(/C=C2\C(=O)Nc3ccc(-c4cnn(-c5ccccc5)c4)cc32)c(C)c1C(=O)N1CCN(C)CC1. The van der Waals surface area contributed by atoms with Gasteiger partial charge in [0.2, 0.25) is 0 Å². The van der Waals surface area contributed by atoms with E-state index in [2.05, 4.69) is 27.3 Å². The first-order chi connectivity index (χ1) is 18.4. The smallest absolute Gasteiger partial charge is 0.256 e. The number of carbonyl (C=O) groups excluding carboxylic acids is 2. The van der Waals surface area contributed by atoms with E-state index < -0.39 is 0 Å². The zero-order valence-corrected chi connectivity index (χ0v) is 21.8. The Balaban J connectivity index is 1.32. The number of rotatable bonds is 4. The summed E-state index contributed by atoms with van der Waals surface area (Å²) in [6, 6.07) is 15.9. The van der Waals surface area contributed by atoms with E-state index >= 15 is 0 Å². The van der Waals surface area contributed by atoms with Crippen molar-refractivity contribution in [2.24, 2.45) is 0 Å². The maximum atomic E-state index is 13.3. The van der Waals surface area contributed by atoms with Crippen LogP contribution in [-0.2, 0) is 4.79 Å². The lowest BCUT2D eigenvalue weighted by Gasteiger charge is -2.32. The molecule has 0 bridgehead atoms. The summed E-state index contributed by atoms with van der Waals surface area (Å²) >= 11 is 0. The van der Waals surface area contributed by atoms with Gasteiger partial charge in [-0.15, -0.1) is 0 Å². The molecule has 2 aliphatic heterocycles. The van der Waals surface area contributed by atoms with Crippen molar-refractivity contribution < 1.29 is 9.59 Å². The molecule has 1 saturated heterocycles. The number of aromatic amines is 1. The Morgan fingerprint density at radius 1 is 1.00 bits per heavy atom. The van der Waals surface area contributed by atoms with Crippen LogP contribution in [0, 0.1) is 13.8 Å². The van der Waals surface area contributed by atoms with Gasteiger partial charge in [-0.25, -0.2) is 4.68 Å². The minimum absolute atomic E-state index is 0.0444. The third-order valence-corrected chi connectivity index (χ3v) is 7.51. The number of para-hydroxylation sites is 1. The van der Waals surface area contributed by atoms with Gasteiger partial charge < -0.3 is 20.1 Å². The summed E-state index contributed by atoms with van der Waals surface area (Å²) in [5.41, 5.74) is 8.24. The molecule has 2 aromatic carbocycles. The van der Waals surface area contributed by atoms with Gasteiger partial charge in [0.05, 0.1) is 23.0 Å². The van der Waals surface area contributed by atoms with E-state index in [4.69, 9.17) is 0 Å². The number of hydrogen-bond donors (Lipinski definition) is 2. The number of H-pyrrole nitrogens is 1. The second-order valence-corrected chi connectivity index (χ2v) is 10.0. The van der Waals surface area contributed by atoms with Crippen molar-refractivity contribution in [3.05, 3.63) is 89.0 Å². The molecular weight excluding hydrogens is 476 g/mol. The normalized spacial score (nSPS) is 16.7. The Labute approximate surface area is 221 Å². The Morgan fingerprint density at radius 3 is 2.53 bits per heavy atom. The monoisotopic (exact) mass is 506 g/mol. The van der Waals surface area contributed by atoms with Crippen LogP contribution in [0.1, 0.15) is 32.9 Å². The number of benzene rings is 2. The highest BCUT2D eigenvalue weighted by atomic mass is 16.2. The van der Waals surface area contributed by atoms with Gasteiger partial charge in [-0.1, -0.05) is 24.3 Å². The molecule has 8 nitrogen and oxygen atoms in total. The predicted molar refractivity (Wildman–Crippen MR) is 149 cm³/mol. The fourth-order valence-electron chi connectivity index (χ4n) is 5.26. The summed E-state index contributed by atoms with van der Waals surface area (Å²) in [6.07, 6.45) is 5.68. The van der Waals surface area contributed by atoms with Crippen molar-refractivity contribution >= 4 is 29.2 Å². The van der Waals surface area contributed by atoms with E-state index in [1.807, 2.05) is 90.4 Å². The molecule has 2 N–H and O–H groups in total. The Kier molecular flexibility index (Phi) is 5.96. The number of amides is 2. The van der Waals surface area contributed by atoms with E-state index in [9.17, 15) is 9.59 Å². The van der Waals surface area contributed by atoms with Crippen molar-refractivity contribution in [1.82, 2.24) is 24.6 Å². The van der Waals surface area contributed by atoms with Crippen molar-refractivity contribution in [1.29, 1.82) is 0 Å². The lowest BCUT2D eigenvalue weighted by molar-refractivity contribution is -0.110. The van der Waals surface area contributed by atoms with Gasteiger partial charge in [0.25, 0.3) is 11.8 Å². The number of aryl methyl sites for hydroxylation is 1. The second-order valence-electron chi connectivity index (χ2n) is 10.0. The highest BCUT2D eigenvalue weighted by molar-refractivity contribution is 6.35. The molecule has 2 aliphatic rings. The summed E-state index contributed by atoms with van der Waals surface area (Å²) < 4.78 is 1.84. The van der Waals surface area contributed by atoms with Gasteiger partial charge in [0, 0.05) is 60.6 Å².